The van der Waals surface area contributed by atoms with Gasteiger partial charge in [-0.05, 0) is 48.0 Å². The summed E-state index contributed by atoms with van der Waals surface area (Å²) in [4.78, 5) is 21.1. The van der Waals surface area contributed by atoms with Gasteiger partial charge < -0.3 is 25.5 Å². The Balaban J connectivity index is 1.46. The number of aromatic nitrogens is 5. The van der Waals surface area contributed by atoms with E-state index in [9.17, 15) is 4.39 Å². The van der Waals surface area contributed by atoms with E-state index >= 15 is 0 Å². The molecule has 3 aromatic heterocycles. The molecule has 1 aromatic carbocycles. The van der Waals surface area contributed by atoms with Gasteiger partial charge in [0, 0.05) is 42.7 Å². The van der Waals surface area contributed by atoms with Crippen LogP contribution in [0.3, 0.4) is 0 Å². The zero-order valence-electron chi connectivity index (χ0n) is 19.2. The standard InChI is InChI=1S/C25H26FN7O2/c1-25(13-27)14-34-23(35-15-25)22-32-20(17-2-4-18(26)5-3-17)21(33-22)19-8-11-29-24(31-19)30-12-16-6-9-28-10-7-16/h2-11,23H,12-15,27H2,1H3,(H,32,33)(H,29,30,31). The van der Waals surface area contributed by atoms with Crippen LogP contribution in [-0.4, -0.2) is 44.7 Å². The highest BCUT2D eigenvalue weighted by Gasteiger charge is 2.34. The minimum Gasteiger partial charge on any atom is -0.350 e. The Labute approximate surface area is 202 Å². The second-order valence-corrected chi connectivity index (χ2v) is 8.80. The van der Waals surface area contributed by atoms with Crippen LogP contribution in [0.4, 0.5) is 10.3 Å². The number of anilines is 1. The Kier molecular flexibility index (Phi) is 6.49. The number of hydrogen-bond acceptors (Lipinski definition) is 8. The number of H-pyrrole nitrogens is 1. The van der Waals surface area contributed by atoms with Gasteiger partial charge in [-0.2, -0.15) is 0 Å². The quantitative estimate of drug-likeness (QED) is 0.370. The highest BCUT2D eigenvalue weighted by atomic mass is 19.1. The van der Waals surface area contributed by atoms with E-state index in [1.165, 1.54) is 12.1 Å². The van der Waals surface area contributed by atoms with Crippen molar-refractivity contribution >= 4 is 5.95 Å². The number of pyridine rings is 1. The van der Waals surface area contributed by atoms with Crippen LogP contribution in [-0.2, 0) is 16.0 Å². The topological polar surface area (TPSA) is 124 Å². The third kappa shape index (κ3) is 5.19. The summed E-state index contributed by atoms with van der Waals surface area (Å²) in [5.74, 6) is 0.642. The Bertz CT molecular complexity index is 1270. The van der Waals surface area contributed by atoms with Crippen molar-refractivity contribution in [2.75, 3.05) is 25.1 Å². The lowest BCUT2D eigenvalue weighted by Crippen LogP contribution is -2.42. The summed E-state index contributed by atoms with van der Waals surface area (Å²) in [6.07, 6.45) is 4.47. The Morgan fingerprint density at radius 3 is 2.51 bits per heavy atom. The molecule has 10 heteroatoms. The average molecular weight is 476 g/mol. The summed E-state index contributed by atoms with van der Waals surface area (Å²) in [5.41, 5.74) is 9.29. The van der Waals surface area contributed by atoms with E-state index in [-0.39, 0.29) is 11.2 Å². The summed E-state index contributed by atoms with van der Waals surface area (Å²) < 4.78 is 25.5. The molecule has 1 saturated heterocycles. The molecular weight excluding hydrogens is 449 g/mol. The highest BCUT2D eigenvalue weighted by molar-refractivity contribution is 5.77. The SMILES string of the molecule is CC1(CN)COC(c2nc(-c3ccc(F)cc3)c(-c3ccnc(NCc4ccncc4)n3)[nH]2)OC1. The number of halogens is 1. The molecule has 4 N–H and O–H groups in total. The summed E-state index contributed by atoms with van der Waals surface area (Å²) >= 11 is 0. The van der Waals surface area contributed by atoms with Crippen molar-refractivity contribution in [3.8, 4) is 22.6 Å². The zero-order chi connectivity index (χ0) is 24.3. The van der Waals surface area contributed by atoms with Crippen molar-refractivity contribution in [3.05, 3.63) is 78.3 Å². The maximum Gasteiger partial charge on any atom is 0.223 e. The van der Waals surface area contributed by atoms with Crippen molar-refractivity contribution in [1.82, 2.24) is 24.9 Å². The van der Waals surface area contributed by atoms with Crippen molar-refractivity contribution in [2.45, 2.75) is 19.8 Å². The van der Waals surface area contributed by atoms with Gasteiger partial charge >= 0.3 is 0 Å². The minimum absolute atomic E-state index is 0.242. The van der Waals surface area contributed by atoms with Gasteiger partial charge in [-0.1, -0.05) is 6.92 Å². The smallest absolute Gasteiger partial charge is 0.223 e. The van der Waals surface area contributed by atoms with Gasteiger partial charge in [-0.15, -0.1) is 0 Å². The first-order chi connectivity index (χ1) is 17.0. The summed E-state index contributed by atoms with van der Waals surface area (Å²) in [6.45, 7) is 3.93. The van der Waals surface area contributed by atoms with Crippen LogP contribution in [0, 0.1) is 11.2 Å². The Morgan fingerprint density at radius 1 is 1.06 bits per heavy atom. The van der Waals surface area contributed by atoms with Crippen LogP contribution in [0.1, 0.15) is 24.6 Å². The number of rotatable bonds is 7. The molecule has 4 aromatic rings. The first-order valence-corrected chi connectivity index (χ1v) is 11.3. The van der Waals surface area contributed by atoms with Crippen LogP contribution in [0.25, 0.3) is 22.6 Å². The van der Waals surface area contributed by atoms with Crippen molar-refractivity contribution in [2.24, 2.45) is 11.1 Å². The minimum atomic E-state index is -0.673. The van der Waals surface area contributed by atoms with Crippen LogP contribution in [0.5, 0.6) is 0 Å². The lowest BCUT2D eigenvalue weighted by Gasteiger charge is -2.35. The number of hydrogen-bond donors (Lipinski definition) is 3. The summed E-state index contributed by atoms with van der Waals surface area (Å²) in [5, 5.41) is 3.23. The van der Waals surface area contributed by atoms with Gasteiger partial charge in [0.1, 0.15) is 5.82 Å². The molecule has 1 aliphatic heterocycles. The van der Waals surface area contributed by atoms with Crippen LogP contribution < -0.4 is 11.1 Å². The molecule has 180 valence electrons. The van der Waals surface area contributed by atoms with E-state index in [0.717, 1.165) is 11.1 Å². The molecule has 0 unspecified atom stereocenters. The predicted octanol–water partition coefficient (Wildman–Crippen LogP) is 3.69. The third-order valence-corrected chi connectivity index (χ3v) is 5.83. The maximum absolute atomic E-state index is 13.6. The number of ether oxygens (including phenoxy) is 2. The van der Waals surface area contributed by atoms with Crippen LogP contribution in [0.15, 0.2) is 61.1 Å². The molecule has 4 heterocycles. The van der Waals surface area contributed by atoms with Gasteiger partial charge in [0.25, 0.3) is 0 Å². The molecule has 0 spiro atoms. The first kappa shape index (κ1) is 23.0. The van der Waals surface area contributed by atoms with E-state index in [0.29, 0.717) is 55.2 Å². The molecular formula is C25H26FN7O2. The molecule has 0 atom stereocenters. The Morgan fingerprint density at radius 2 is 1.80 bits per heavy atom. The summed E-state index contributed by atoms with van der Waals surface area (Å²) in [6, 6.07) is 11.8. The van der Waals surface area contributed by atoms with Gasteiger partial charge in [0.2, 0.25) is 12.2 Å². The molecule has 5 rings (SSSR count). The van der Waals surface area contributed by atoms with Gasteiger partial charge in [-0.3, -0.25) is 4.98 Å². The lowest BCUT2D eigenvalue weighted by atomic mass is 9.93. The first-order valence-electron chi connectivity index (χ1n) is 11.3. The number of aromatic amines is 1. The monoisotopic (exact) mass is 475 g/mol. The van der Waals surface area contributed by atoms with E-state index in [1.807, 2.05) is 19.1 Å². The van der Waals surface area contributed by atoms with Crippen LogP contribution in [0.2, 0.25) is 0 Å². The van der Waals surface area contributed by atoms with E-state index in [1.54, 1.807) is 36.8 Å². The normalized spacial score (nSPS) is 20.0. The fourth-order valence-corrected chi connectivity index (χ4v) is 3.69. The summed E-state index contributed by atoms with van der Waals surface area (Å²) in [7, 11) is 0. The molecule has 1 aliphatic rings. The van der Waals surface area contributed by atoms with Crippen molar-refractivity contribution in [1.29, 1.82) is 0 Å². The van der Waals surface area contributed by atoms with E-state index in [4.69, 9.17) is 20.2 Å². The number of benzene rings is 1. The van der Waals surface area contributed by atoms with Gasteiger partial charge in [0.05, 0.1) is 30.3 Å². The molecule has 1 fully saturated rings. The number of imidazole rings is 1. The molecule has 0 bridgehead atoms. The largest absolute Gasteiger partial charge is 0.350 e. The predicted molar refractivity (Wildman–Crippen MR) is 128 cm³/mol. The van der Waals surface area contributed by atoms with E-state index < -0.39 is 6.29 Å². The van der Waals surface area contributed by atoms with Crippen molar-refractivity contribution < 1.29 is 13.9 Å². The maximum atomic E-state index is 13.6. The highest BCUT2D eigenvalue weighted by Crippen LogP contribution is 2.35. The fourth-order valence-electron chi connectivity index (χ4n) is 3.69. The van der Waals surface area contributed by atoms with Crippen molar-refractivity contribution in [3.63, 3.8) is 0 Å². The number of nitrogens with one attached hydrogen (secondary N) is 2. The number of nitrogens with two attached hydrogens (primary N) is 1. The molecule has 35 heavy (non-hydrogen) atoms. The molecule has 0 aliphatic carbocycles. The second-order valence-electron chi connectivity index (χ2n) is 8.80. The third-order valence-electron chi connectivity index (χ3n) is 5.83. The molecule has 9 nitrogen and oxygen atoms in total. The zero-order valence-corrected chi connectivity index (χ0v) is 19.2. The van der Waals surface area contributed by atoms with E-state index in [2.05, 4.69) is 25.3 Å². The lowest BCUT2D eigenvalue weighted by molar-refractivity contribution is -0.231. The van der Waals surface area contributed by atoms with Gasteiger partial charge in [-0.25, -0.2) is 19.3 Å². The molecule has 0 amide bonds. The second kappa shape index (κ2) is 9.87. The molecule has 0 saturated carbocycles. The van der Waals surface area contributed by atoms with Crippen LogP contribution >= 0.6 is 0 Å². The molecule has 0 radical (unpaired) electrons. The fraction of sp³-hybridized carbons (Fsp3) is 0.280. The number of nitrogens with zero attached hydrogens (tertiary/aromatic N) is 4. The Hall–Kier alpha value is -3.73. The van der Waals surface area contributed by atoms with Gasteiger partial charge in [0.15, 0.2) is 5.82 Å². The average Bonchev–Trinajstić information content (AvgIpc) is 3.35.